The number of ketones is 2. The van der Waals surface area contributed by atoms with Crippen molar-refractivity contribution in [3.63, 3.8) is 0 Å². The van der Waals surface area contributed by atoms with Crippen LogP contribution in [-0.4, -0.2) is 41.8 Å². The summed E-state index contributed by atoms with van der Waals surface area (Å²) in [4.78, 5) is 38.9. The topological polar surface area (TPSA) is 102 Å². The van der Waals surface area contributed by atoms with Crippen molar-refractivity contribution in [3.05, 3.63) is 35.9 Å². The largest absolute Gasteiger partial charge is 0.361 e. The molecule has 3 N–H and O–H groups in total. The summed E-state index contributed by atoms with van der Waals surface area (Å²) in [5.74, 6) is -0.552. The first kappa shape index (κ1) is 25.2. The van der Waals surface area contributed by atoms with E-state index in [1.165, 1.54) is 0 Å². The average Bonchev–Trinajstić information content (AvgIpc) is 3.44. The van der Waals surface area contributed by atoms with Crippen molar-refractivity contribution in [1.82, 2.24) is 5.32 Å². The van der Waals surface area contributed by atoms with Gasteiger partial charge in [-0.15, -0.1) is 0 Å². The summed E-state index contributed by atoms with van der Waals surface area (Å²) in [6.45, 7) is 10.2. The highest BCUT2D eigenvalue weighted by Crippen LogP contribution is 2.30. The maximum atomic E-state index is 13.3. The van der Waals surface area contributed by atoms with E-state index >= 15 is 0 Å². The first-order valence-corrected chi connectivity index (χ1v) is 11.3. The molecule has 1 aliphatic heterocycles. The number of epoxide rings is 1. The number of nitrogens with two attached hydrogens (primary N) is 1. The average molecular weight is 431 g/mol. The number of carbonyl (C=O) groups is 3. The second kappa shape index (κ2) is 11.0. The van der Waals surface area contributed by atoms with Gasteiger partial charge in [-0.2, -0.15) is 0 Å². The van der Waals surface area contributed by atoms with Gasteiger partial charge in [0.05, 0.1) is 18.7 Å². The minimum atomic E-state index is -0.808. The summed E-state index contributed by atoms with van der Waals surface area (Å²) >= 11 is 0. The van der Waals surface area contributed by atoms with Crippen LogP contribution in [-0.2, 0) is 25.5 Å². The van der Waals surface area contributed by atoms with Gasteiger partial charge in [-0.25, -0.2) is 0 Å². The predicted octanol–water partition coefficient (Wildman–Crippen LogP) is 3.07. The normalized spacial score (nSPS) is 20.9. The van der Waals surface area contributed by atoms with E-state index in [-0.39, 0.29) is 29.8 Å². The molecule has 1 saturated heterocycles. The summed E-state index contributed by atoms with van der Waals surface area (Å²) in [6.07, 6.45) is 1.60. The Balaban J connectivity index is 2.16. The van der Waals surface area contributed by atoms with Gasteiger partial charge in [0, 0.05) is 12.3 Å². The standard InChI is InChI=1S/C25H38N2O4/c1-16(2)11-20(26)22(28)14-19(13-18-9-7-6-8-10-18)24(30)27-21(12-17(3)4)23(29)25(5)15-31-25/h6-10,16-17,19-21H,11-15,26H2,1-5H3,(H,27,30)/t19?,20-,21-,25+/m0/s1. The minimum absolute atomic E-state index is 0.0605. The molecule has 0 bridgehead atoms. The SMILES string of the molecule is CC(C)C[C@H](NC(=O)C(CC(=O)[C@@H](N)CC(C)C)Cc1ccccc1)C(=O)[C@@]1(C)CO1. The van der Waals surface area contributed by atoms with Gasteiger partial charge in [-0.05, 0) is 43.6 Å². The summed E-state index contributed by atoms with van der Waals surface area (Å²) in [5, 5.41) is 2.94. The zero-order chi connectivity index (χ0) is 23.2. The van der Waals surface area contributed by atoms with Gasteiger partial charge in [0.15, 0.2) is 5.78 Å². The van der Waals surface area contributed by atoms with Gasteiger partial charge in [0.1, 0.15) is 11.4 Å². The number of benzene rings is 1. The molecule has 1 amide bonds. The van der Waals surface area contributed by atoms with E-state index in [2.05, 4.69) is 5.32 Å². The molecule has 4 atom stereocenters. The molecule has 1 unspecified atom stereocenters. The molecule has 0 aliphatic carbocycles. The number of rotatable bonds is 13. The number of nitrogens with one attached hydrogen (secondary N) is 1. The number of ether oxygens (including phenoxy) is 1. The number of amides is 1. The third-order valence-electron chi connectivity index (χ3n) is 5.72. The monoisotopic (exact) mass is 430 g/mol. The van der Waals surface area contributed by atoms with Crippen LogP contribution in [0.4, 0.5) is 0 Å². The van der Waals surface area contributed by atoms with E-state index in [1.807, 2.05) is 58.0 Å². The maximum absolute atomic E-state index is 13.3. The fourth-order valence-corrected chi connectivity index (χ4v) is 3.80. The van der Waals surface area contributed by atoms with E-state index < -0.39 is 23.6 Å². The third-order valence-corrected chi connectivity index (χ3v) is 5.72. The molecule has 1 aliphatic rings. The van der Waals surface area contributed by atoms with Crippen LogP contribution in [0, 0.1) is 17.8 Å². The van der Waals surface area contributed by atoms with Crippen LogP contribution in [0.5, 0.6) is 0 Å². The molecule has 1 fully saturated rings. The van der Waals surface area contributed by atoms with E-state index in [9.17, 15) is 14.4 Å². The molecule has 0 radical (unpaired) electrons. The Labute approximate surface area is 186 Å². The smallest absolute Gasteiger partial charge is 0.224 e. The van der Waals surface area contributed by atoms with E-state index in [0.717, 1.165) is 5.56 Å². The summed E-state index contributed by atoms with van der Waals surface area (Å²) in [5.41, 5.74) is 6.25. The Morgan fingerprint density at radius 2 is 1.65 bits per heavy atom. The first-order valence-electron chi connectivity index (χ1n) is 11.3. The molecule has 0 spiro atoms. The summed E-state index contributed by atoms with van der Waals surface area (Å²) < 4.78 is 5.32. The van der Waals surface area contributed by atoms with Crippen molar-refractivity contribution in [1.29, 1.82) is 0 Å². The maximum Gasteiger partial charge on any atom is 0.224 e. The van der Waals surface area contributed by atoms with Gasteiger partial charge >= 0.3 is 0 Å². The predicted molar refractivity (Wildman–Crippen MR) is 121 cm³/mol. The Morgan fingerprint density at radius 1 is 1.06 bits per heavy atom. The molecule has 6 nitrogen and oxygen atoms in total. The van der Waals surface area contributed by atoms with Crippen LogP contribution in [0.15, 0.2) is 30.3 Å². The molecular weight excluding hydrogens is 392 g/mol. The van der Waals surface area contributed by atoms with Gasteiger partial charge < -0.3 is 15.8 Å². The Bertz CT molecular complexity index is 756. The van der Waals surface area contributed by atoms with Crippen molar-refractivity contribution in [2.45, 2.75) is 78.0 Å². The Morgan fingerprint density at radius 3 is 2.16 bits per heavy atom. The third kappa shape index (κ3) is 7.86. The Kier molecular flexibility index (Phi) is 8.95. The lowest BCUT2D eigenvalue weighted by Gasteiger charge is -2.25. The van der Waals surface area contributed by atoms with Crippen LogP contribution >= 0.6 is 0 Å². The van der Waals surface area contributed by atoms with Crippen LogP contribution < -0.4 is 11.1 Å². The second-order valence-electron chi connectivity index (χ2n) is 9.87. The number of hydrogen-bond donors (Lipinski definition) is 2. The van der Waals surface area contributed by atoms with Crippen molar-refractivity contribution < 1.29 is 19.1 Å². The molecule has 1 aromatic carbocycles. The van der Waals surface area contributed by atoms with Crippen LogP contribution in [0.1, 0.15) is 59.4 Å². The molecule has 2 rings (SSSR count). The lowest BCUT2D eigenvalue weighted by Crippen LogP contribution is -2.49. The number of carbonyl (C=O) groups excluding carboxylic acids is 3. The highest BCUT2D eigenvalue weighted by molar-refractivity contribution is 5.97. The zero-order valence-corrected chi connectivity index (χ0v) is 19.5. The van der Waals surface area contributed by atoms with E-state index in [4.69, 9.17) is 10.5 Å². The molecule has 0 saturated carbocycles. The van der Waals surface area contributed by atoms with Gasteiger partial charge in [0.2, 0.25) is 5.91 Å². The van der Waals surface area contributed by atoms with Gasteiger partial charge in [-0.3, -0.25) is 14.4 Å². The van der Waals surface area contributed by atoms with Crippen molar-refractivity contribution in [2.24, 2.45) is 23.5 Å². The first-order chi connectivity index (χ1) is 14.5. The summed E-state index contributed by atoms with van der Waals surface area (Å²) in [7, 11) is 0. The van der Waals surface area contributed by atoms with E-state index in [1.54, 1.807) is 6.92 Å². The Hall–Kier alpha value is -2.05. The molecule has 0 aromatic heterocycles. The zero-order valence-electron chi connectivity index (χ0n) is 19.5. The van der Waals surface area contributed by atoms with Crippen molar-refractivity contribution in [2.75, 3.05) is 6.61 Å². The molecule has 6 heteroatoms. The molecular formula is C25H38N2O4. The van der Waals surface area contributed by atoms with Crippen molar-refractivity contribution in [3.8, 4) is 0 Å². The quantitative estimate of drug-likeness (QED) is 0.468. The van der Waals surface area contributed by atoms with Gasteiger partial charge in [0.25, 0.3) is 0 Å². The van der Waals surface area contributed by atoms with Crippen LogP contribution in [0.2, 0.25) is 0 Å². The van der Waals surface area contributed by atoms with Crippen LogP contribution in [0.3, 0.4) is 0 Å². The highest BCUT2D eigenvalue weighted by Gasteiger charge is 2.50. The van der Waals surface area contributed by atoms with E-state index in [0.29, 0.717) is 31.8 Å². The molecule has 172 valence electrons. The number of hydrogen-bond acceptors (Lipinski definition) is 5. The fraction of sp³-hybridized carbons (Fsp3) is 0.640. The minimum Gasteiger partial charge on any atom is -0.361 e. The molecule has 1 aromatic rings. The molecule has 31 heavy (non-hydrogen) atoms. The fourth-order valence-electron chi connectivity index (χ4n) is 3.80. The van der Waals surface area contributed by atoms with Gasteiger partial charge in [-0.1, -0.05) is 58.0 Å². The lowest BCUT2D eigenvalue weighted by molar-refractivity contribution is -0.134. The molecule has 1 heterocycles. The lowest BCUT2D eigenvalue weighted by atomic mass is 9.88. The summed E-state index contributed by atoms with van der Waals surface area (Å²) in [6, 6.07) is 8.40. The van der Waals surface area contributed by atoms with Crippen molar-refractivity contribution >= 4 is 17.5 Å². The second-order valence-corrected chi connectivity index (χ2v) is 9.87. The number of Topliss-reactive ketones (excluding diaryl/α,β-unsaturated/α-hetero) is 2. The van der Waals surface area contributed by atoms with Crippen LogP contribution in [0.25, 0.3) is 0 Å². The highest BCUT2D eigenvalue weighted by atomic mass is 16.6.